The van der Waals surface area contributed by atoms with Gasteiger partial charge in [-0.1, -0.05) is 34.6 Å². The Kier molecular flexibility index (Phi) is 5.67. The van der Waals surface area contributed by atoms with Gasteiger partial charge in [-0.05, 0) is 6.42 Å². The van der Waals surface area contributed by atoms with Crippen LogP contribution >= 0.6 is 11.6 Å². The lowest BCUT2D eigenvalue weighted by Crippen LogP contribution is -2.28. The molecule has 0 aromatic carbocycles. The van der Waals surface area contributed by atoms with Gasteiger partial charge in [0.05, 0.1) is 0 Å². The van der Waals surface area contributed by atoms with Gasteiger partial charge < -0.3 is 0 Å². The maximum atomic E-state index is 11.8. The van der Waals surface area contributed by atoms with Crippen LogP contribution in [0, 0.1) is 10.8 Å². The van der Waals surface area contributed by atoms with Crippen molar-refractivity contribution in [2.24, 2.45) is 10.8 Å². The van der Waals surface area contributed by atoms with Crippen LogP contribution in [-0.2, 0) is 9.59 Å². The number of carbonyl (C=O) groups excluding carboxylic acids is 2. The minimum atomic E-state index is -0.435. The van der Waals surface area contributed by atoms with Gasteiger partial charge in [-0.15, -0.1) is 11.6 Å². The molecule has 0 saturated heterocycles. The number of hydrogen-bond acceptors (Lipinski definition) is 2. The number of alkyl halides is 1. The molecule has 0 N–H and O–H groups in total. The van der Waals surface area contributed by atoms with Crippen molar-refractivity contribution in [1.29, 1.82) is 0 Å². The molecule has 0 aliphatic rings. The van der Waals surface area contributed by atoms with Crippen LogP contribution < -0.4 is 0 Å². The molecule has 0 radical (unpaired) electrons. The molecule has 2 nitrogen and oxygen atoms in total. The van der Waals surface area contributed by atoms with Crippen LogP contribution in [0.2, 0.25) is 0 Å². The van der Waals surface area contributed by atoms with Crippen LogP contribution in [-0.4, -0.2) is 17.4 Å². The molecule has 0 atom stereocenters. The average molecular weight is 247 g/mol. The Morgan fingerprint density at radius 2 is 1.44 bits per heavy atom. The Balaban J connectivity index is 4.29. The second-order valence-corrected chi connectivity index (χ2v) is 6.30. The number of carbonyl (C=O) groups is 2. The van der Waals surface area contributed by atoms with Gasteiger partial charge in [-0.2, -0.15) is 0 Å². The summed E-state index contributed by atoms with van der Waals surface area (Å²) >= 11 is 5.55. The van der Waals surface area contributed by atoms with Crippen LogP contribution in [0.15, 0.2) is 0 Å². The summed E-state index contributed by atoms with van der Waals surface area (Å²) in [6.07, 6.45) is 1.46. The molecule has 0 aromatic rings. The smallest absolute Gasteiger partial charge is 0.139 e. The first-order valence-corrected chi connectivity index (χ1v) is 6.27. The van der Waals surface area contributed by atoms with Crippen molar-refractivity contribution in [3.8, 4) is 0 Å². The fraction of sp³-hybridized carbons (Fsp3) is 0.846. The van der Waals surface area contributed by atoms with Gasteiger partial charge in [-0.3, -0.25) is 9.59 Å². The van der Waals surface area contributed by atoms with E-state index in [0.29, 0.717) is 25.1 Å². The average Bonchev–Trinajstić information content (AvgIpc) is 2.13. The van der Waals surface area contributed by atoms with Crippen LogP contribution in [0.3, 0.4) is 0 Å². The number of hydrogen-bond donors (Lipinski definition) is 0. The highest BCUT2D eigenvalue weighted by Gasteiger charge is 2.29. The first kappa shape index (κ1) is 15.6. The van der Waals surface area contributed by atoms with Crippen molar-refractivity contribution in [2.75, 3.05) is 5.88 Å². The van der Waals surface area contributed by atoms with Crippen molar-refractivity contribution in [2.45, 2.75) is 53.9 Å². The Morgan fingerprint density at radius 3 is 1.81 bits per heavy atom. The van der Waals surface area contributed by atoms with Crippen LogP contribution in [0.1, 0.15) is 53.9 Å². The molecule has 0 bridgehead atoms. The molecule has 94 valence electrons. The van der Waals surface area contributed by atoms with E-state index in [-0.39, 0.29) is 17.0 Å². The molecule has 0 saturated carbocycles. The van der Waals surface area contributed by atoms with Crippen molar-refractivity contribution in [3.63, 3.8) is 0 Å². The Hall–Kier alpha value is -0.370. The SMILES string of the molecule is CC(C)(C)C(=O)CCC(C)(C)C(=O)CCCl. The van der Waals surface area contributed by atoms with E-state index in [9.17, 15) is 9.59 Å². The lowest BCUT2D eigenvalue weighted by atomic mass is 9.78. The molecular weight excluding hydrogens is 224 g/mol. The topological polar surface area (TPSA) is 34.1 Å². The second-order valence-electron chi connectivity index (χ2n) is 5.92. The molecule has 0 aliphatic heterocycles. The van der Waals surface area contributed by atoms with E-state index in [1.807, 2.05) is 34.6 Å². The van der Waals surface area contributed by atoms with Gasteiger partial charge in [0.1, 0.15) is 11.6 Å². The summed E-state index contributed by atoms with van der Waals surface area (Å²) in [6.45, 7) is 9.49. The number of halogens is 1. The molecule has 0 rings (SSSR count). The largest absolute Gasteiger partial charge is 0.299 e. The van der Waals surface area contributed by atoms with E-state index in [4.69, 9.17) is 11.6 Å². The Bertz CT molecular complexity index is 262. The highest BCUT2D eigenvalue weighted by molar-refractivity contribution is 6.19. The number of ketones is 2. The third-order valence-electron chi connectivity index (χ3n) is 2.89. The van der Waals surface area contributed by atoms with Crippen molar-refractivity contribution >= 4 is 23.2 Å². The third-order valence-corrected chi connectivity index (χ3v) is 3.08. The van der Waals surface area contributed by atoms with E-state index in [1.165, 1.54) is 0 Å². The maximum absolute atomic E-state index is 11.8. The normalized spacial score (nSPS) is 12.6. The van der Waals surface area contributed by atoms with Crippen molar-refractivity contribution in [3.05, 3.63) is 0 Å². The standard InChI is InChI=1S/C13H23ClO2/c1-12(2,3)10(15)6-8-13(4,5)11(16)7-9-14/h6-9H2,1-5H3. The van der Waals surface area contributed by atoms with Gasteiger partial charge in [0, 0.05) is 29.6 Å². The van der Waals surface area contributed by atoms with Crippen LogP contribution in [0.5, 0.6) is 0 Å². The van der Waals surface area contributed by atoms with E-state index >= 15 is 0 Å². The summed E-state index contributed by atoms with van der Waals surface area (Å²) in [5, 5.41) is 0. The fourth-order valence-corrected chi connectivity index (χ4v) is 1.54. The van der Waals surface area contributed by atoms with Crippen LogP contribution in [0.25, 0.3) is 0 Å². The fourth-order valence-electron chi connectivity index (χ4n) is 1.36. The lowest BCUT2D eigenvalue weighted by molar-refractivity contribution is -0.129. The van der Waals surface area contributed by atoms with Gasteiger partial charge in [0.2, 0.25) is 0 Å². The van der Waals surface area contributed by atoms with E-state index in [0.717, 1.165) is 0 Å². The zero-order valence-electron chi connectivity index (χ0n) is 11.0. The highest BCUT2D eigenvalue weighted by Crippen LogP contribution is 2.28. The highest BCUT2D eigenvalue weighted by atomic mass is 35.5. The van der Waals surface area contributed by atoms with E-state index < -0.39 is 5.41 Å². The van der Waals surface area contributed by atoms with Gasteiger partial charge in [-0.25, -0.2) is 0 Å². The monoisotopic (exact) mass is 246 g/mol. The summed E-state index contributed by atoms with van der Waals surface area (Å²) in [5.41, 5.74) is -0.749. The Morgan fingerprint density at radius 1 is 0.938 bits per heavy atom. The molecule has 0 amide bonds. The summed E-state index contributed by atoms with van der Waals surface area (Å²) in [7, 11) is 0. The minimum absolute atomic E-state index is 0.143. The third kappa shape index (κ3) is 5.11. The van der Waals surface area contributed by atoms with Crippen molar-refractivity contribution < 1.29 is 9.59 Å². The van der Waals surface area contributed by atoms with Crippen molar-refractivity contribution in [1.82, 2.24) is 0 Å². The first-order valence-electron chi connectivity index (χ1n) is 5.74. The predicted octanol–water partition coefficient (Wildman–Crippen LogP) is 3.61. The molecule has 0 fully saturated rings. The number of Topliss-reactive ketones (excluding diaryl/α,β-unsaturated/α-hetero) is 2. The predicted molar refractivity (Wildman–Crippen MR) is 67.8 cm³/mol. The summed E-state index contributed by atoms with van der Waals surface area (Å²) < 4.78 is 0. The summed E-state index contributed by atoms with van der Waals surface area (Å²) in [4.78, 5) is 23.5. The van der Waals surface area contributed by atoms with Gasteiger partial charge >= 0.3 is 0 Å². The summed E-state index contributed by atoms with van der Waals surface area (Å²) in [6, 6.07) is 0. The lowest BCUT2D eigenvalue weighted by Gasteiger charge is -2.24. The zero-order chi connectivity index (χ0) is 13.0. The molecule has 0 spiro atoms. The quantitative estimate of drug-likeness (QED) is 0.671. The zero-order valence-corrected chi connectivity index (χ0v) is 11.8. The molecule has 3 heteroatoms. The Labute approximate surface area is 104 Å². The maximum Gasteiger partial charge on any atom is 0.139 e. The second kappa shape index (κ2) is 5.81. The number of rotatable bonds is 6. The molecule has 0 aromatic heterocycles. The first-order chi connectivity index (χ1) is 7.11. The molecule has 0 aliphatic carbocycles. The minimum Gasteiger partial charge on any atom is -0.299 e. The van der Waals surface area contributed by atoms with Gasteiger partial charge in [0.25, 0.3) is 0 Å². The van der Waals surface area contributed by atoms with E-state index in [1.54, 1.807) is 0 Å². The molecule has 0 heterocycles. The molecule has 0 unspecified atom stereocenters. The van der Waals surface area contributed by atoms with E-state index in [2.05, 4.69) is 0 Å². The van der Waals surface area contributed by atoms with Crippen LogP contribution in [0.4, 0.5) is 0 Å². The molecular formula is C13H23ClO2. The summed E-state index contributed by atoms with van der Waals surface area (Å²) in [5.74, 6) is 0.707. The molecule has 16 heavy (non-hydrogen) atoms. The van der Waals surface area contributed by atoms with Gasteiger partial charge in [0.15, 0.2) is 0 Å².